The number of benzene rings is 1. The van der Waals surface area contributed by atoms with Gasteiger partial charge in [0.2, 0.25) is 0 Å². The monoisotopic (exact) mass is 406 g/mol. The first kappa shape index (κ1) is 21.3. The van der Waals surface area contributed by atoms with Crippen LogP contribution in [0.15, 0.2) is 41.4 Å². The summed E-state index contributed by atoms with van der Waals surface area (Å²) in [5, 5.41) is 3.33. The van der Waals surface area contributed by atoms with Crippen LogP contribution in [0.1, 0.15) is 27.7 Å². The molecule has 0 aliphatic heterocycles. The topological polar surface area (TPSA) is 47.9 Å². The number of carbonyl (C=O) groups excluding carboxylic acids is 1. The molecule has 0 atom stereocenters. The van der Waals surface area contributed by atoms with Gasteiger partial charge in [-0.05, 0) is 43.2 Å². The smallest absolute Gasteiger partial charge is 0.253 e. The van der Waals surface area contributed by atoms with Gasteiger partial charge in [-0.25, -0.2) is 0 Å². The fraction of sp³-hybridized carbons (Fsp3) is 0.400. The zero-order valence-electron chi connectivity index (χ0n) is 16.3. The Hall–Kier alpha value is -2.05. The van der Waals surface area contributed by atoms with Gasteiger partial charge in [-0.2, -0.15) is 0 Å². The van der Waals surface area contributed by atoms with Crippen molar-refractivity contribution in [3.05, 3.63) is 56.7 Å². The lowest BCUT2D eigenvalue weighted by molar-refractivity contribution is 0.0827. The lowest BCUT2D eigenvalue weighted by Gasteiger charge is -2.21. The van der Waals surface area contributed by atoms with Gasteiger partial charge in [-0.3, -0.25) is 9.79 Å². The fourth-order valence-electron chi connectivity index (χ4n) is 2.62. The van der Waals surface area contributed by atoms with E-state index in [1.165, 1.54) is 4.88 Å². The number of amides is 1. The molecule has 0 saturated heterocycles. The predicted molar refractivity (Wildman–Crippen MR) is 115 cm³/mol. The average Bonchev–Trinajstić information content (AvgIpc) is 3.05. The number of hydrogen-bond acceptors (Lipinski definition) is 3. The molecule has 0 saturated carbocycles. The molecule has 1 N–H and O–H groups in total. The first-order chi connectivity index (χ1) is 12.9. The minimum atomic E-state index is 0.0167. The number of thiophene rings is 1. The molecule has 0 aliphatic carbocycles. The van der Waals surface area contributed by atoms with E-state index in [0.717, 1.165) is 35.4 Å². The highest BCUT2D eigenvalue weighted by atomic mass is 35.5. The van der Waals surface area contributed by atoms with E-state index in [0.29, 0.717) is 12.1 Å². The van der Waals surface area contributed by atoms with E-state index in [1.807, 2.05) is 43.4 Å². The van der Waals surface area contributed by atoms with Gasteiger partial charge in [-0.15, -0.1) is 11.3 Å². The summed E-state index contributed by atoms with van der Waals surface area (Å²) in [7, 11) is 5.54. The average molecular weight is 407 g/mol. The molecular weight excluding hydrogens is 380 g/mol. The molecule has 1 aromatic carbocycles. The first-order valence-electron chi connectivity index (χ1n) is 8.95. The van der Waals surface area contributed by atoms with Crippen LogP contribution in [-0.4, -0.2) is 55.9 Å². The SMILES string of the molecule is CCNC(=NCCc1cccc(C(=O)N(C)C)c1)N(C)Cc1ccc(Cl)s1. The maximum Gasteiger partial charge on any atom is 0.253 e. The van der Waals surface area contributed by atoms with E-state index < -0.39 is 0 Å². The summed E-state index contributed by atoms with van der Waals surface area (Å²) in [5.74, 6) is 0.880. The molecule has 2 rings (SSSR count). The summed E-state index contributed by atoms with van der Waals surface area (Å²) >= 11 is 7.60. The molecule has 0 fully saturated rings. The quantitative estimate of drug-likeness (QED) is 0.562. The number of hydrogen-bond donors (Lipinski definition) is 1. The Labute approximate surface area is 170 Å². The Morgan fingerprint density at radius 3 is 2.63 bits per heavy atom. The predicted octanol–water partition coefficient (Wildman–Crippen LogP) is 3.74. The number of nitrogens with one attached hydrogen (secondary N) is 1. The van der Waals surface area contributed by atoms with E-state index in [9.17, 15) is 4.79 Å². The molecule has 0 aliphatic rings. The highest BCUT2D eigenvalue weighted by Crippen LogP contribution is 2.22. The van der Waals surface area contributed by atoms with Crippen molar-refractivity contribution in [2.75, 3.05) is 34.2 Å². The second kappa shape index (κ2) is 10.3. The van der Waals surface area contributed by atoms with Crippen LogP contribution in [0.5, 0.6) is 0 Å². The second-order valence-electron chi connectivity index (χ2n) is 6.45. The molecule has 0 bridgehead atoms. The van der Waals surface area contributed by atoms with Crippen molar-refractivity contribution >= 4 is 34.8 Å². The van der Waals surface area contributed by atoms with Crippen molar-refractivity contribution in [1.82, 2.24) is 15.1 Å². The van der Waals surface area contributed by atoms with Gasteiger partial charge in [0.05, 0.1) is 10.9 Å². The van der Waals surface area contributed by atoms with Gasteiger partial charge in [0.15, 0.2) is 5.96 Å². The van der Waals surface area contributed by atoms with E-state index >= 15 is 0 Å². The van der Waals surface area contributed by atoms with Crippen LogP contribution in [-0.2, 0) is 13.0 Å². The largest absolute Gasteiger partial charge is 0.357 e. The molecule has 1 amide bonds. The highest BCUT2D eigenvalue weighted by molar-refractivity contribution is 7.16. The fourth-order valence-corrected chi connectivity index (χ4v) is 3.77. The van der Waals surface area contributed by atoms with Gasteiger partial charge in [-0.1, -0.05) is 23.7 Å². The third-order valence-electron chi connectivity index (χ3n) is 3.96. The summed E-state index contributed by atoms with van der Waals surface area (Å²) in [4.78, 5) is 21.7. The number of nitrogens with zero attached hydrogens (tertiary/aromatic N) is 3. The van der Waals surface area contributed by atoms with E-state index in [2.05, 4.69) is 17.1 Å². The van der Waals surface area contributed by atoms with Gasteiger partial charge < -0.3 is 15.1 Å². The van der Waals surface area contributed by atoms with Crippen LogP contribution >= 0.6 is 22.9 Å². The van der Waals surface area contributed by atoms with Gasteiger partial charge in [0, 0.05) is 44.7 Å². The molecule has 0 radical (unpaired) electrons. The van der Waals surface area contributed by atoms with Crippen molar-refractivity contribution in [1.29, 1.82) is 0 Å². The molecule has 146 valence electrons. The summed E-state index contributed by atoms with van der Waals surface area (Å²) in [6.07, 6.45) is 0.780. The van der Waals surface area contributed by atoms with Crippen LogP contribution in [0.2, 0.25) is 4.34 Å². The lowest BCUT2D eigenvalue weighted by Crippen LogP contribution is -2.38. The van der Waals surface area contributed by atoms with Crippen molar-refractivity contribution in [2.45, 2.75) is 19.9 Å². The molecular formula is C20H27ClN4OS. The second-order valence-corrected chi connectivity index (χ2v) is 8.25. The first-order valence-corrected chi connectivity index (χ1v) is 10.1. The Bertz CT molecular complexity index is 788. The third-order valence-corrected chi connectivity index (χ3v) is 5.18. The molecule has 2 aromatic rings. The number of halogens is 1. The normalized spacial score (nSPS) is 11.4. The summed E-state index contributed by atoms with van der Waals surface area (Å²) in [6.45, 7) is 4.27. The van der Waals surface area contributed by atoms with E-state index in [1.54, 1.807) is 30.3 Å². The Morgan fingerprint density at radius 1 is 1.22 bits per heavy atom. The molecule has 1 aromatic heterocycles. The van der Waals surface area contributed by atoms with Crippen molar-refractivity contribution in [3.8, 4) is 0 Å². The van der Waals surface area contributed by atoms with Gasteiger partial charge in [0.25, 0.3) is 5.91 Å². The Morgan fingerprint density at radius 2 is 2.00 bits per heavy atom. The standard InChI is InChI=1S/C20H27ClN4OS/c1-5-22-20(25(4)14-17-9-10-18(21)27-17)23-12-11-15-7-6-8-16(13-15)19(26)24(2)3/h6-10,13H,5,11-12,14H2,1-4H3,(H,22,23). The minimum Gasteiger partial charge on any atom is -0.357 e. The highest BCUT2D eigenvalue weighted by Gasteiger charge is 2.10. The lowest BCUT2D eigenvalue weighted by atomic mass is 10.1. The number of carbonyl (C=O) groups is 1. The van der Waals surface area contributed by atoms with Crippen LogP contribution in [0, 0.1) is 0 Å². The van der Waals surface area contributed by atoms with Crippen LogP contribution in [0.25, 0.3) is 0 Å². The van der Waals surface area contributed by atoms with Crippen molar-refractivity contribution in [2.24, 2.45) is 4.99 Å². The Kier molecular flexibility index (Phi) is 8.13. The molecule has 0 unspecified atom stereocenters. The summed E-state index contributed by atoms with van der Waals surface area (Å²) < 4.78 is 0.799. The van der Waals surface area contributed by atoms with Crippen LogP contribution < -0.4 is 5.32 Å². The van der Waals surface area contributed by atoms with Crippen molar-refractivity contribution < 1.29 is 4.79 Å². The number of guanidine groups is 1. The van der Waals surface area contributed by atoms with Gasteiger partial charge in [0.1, 0.15) is 0 Å². The minimum absolute atomic E-state index is 0.0167. The van der Waals surface area contributed by atoms with Crippen LogP contribution in [0.3, 0.4) is 0 Å². The zero-order chi connectivity index (χ0) is 19.8. The van der Waals surface area contributed by atoms with E-state index in [-0.39, 0.29) is 5.91 Å². The van der Waals surface area contributed by atoms with Crippen LogP contribution in [0.4, 0.5) is 0 Å². The molecule has 5 nitrogen and oxygen atoms in total. The molecule has 0 spiro atoms. The molecule has 1 heterocycles. The maximum absolute atomic E-state index is 12.1. The number of aliphatic imine (C=N–C) groups is 1. The maximum atomic E-state index is 12.1. The zero-order valence-corrected chi connectivity index (χ0v) is 17.9. The Balaban J connectivity index is 2.00. The summed E-state index contributed by atoms with van der Waals surface area (Å²) in [6, 6.07) is 11.7. The molecule has 7 heteroatoms. The van der Waals surface area contributed by atoms with E-state index in [4.69, 9.17) is 16.6 Å². The number of rotatable bonds is 7. The van der Waals surface area contributed by atoms with Crippen molar-refractivity contribution in [3.63, 3.8) is 0 Å². The summed E-state index contributed by atoms with van der Waals surface area (Å²) in [5.41, 5.74) is 1.81. The van der Waals surface area contributed by atoms with Gasteiger partial charge >= 0.3 is 0 Å². The third kappa shape index (κ3) is 6.56. The molecule has 27 heavy (non-hydrogen) atoms.